The molecule has 0 unspecified atom stereocenters. The summed E-state index contributed by atoms with van der Waals surface area (Å²) in [5.41, 5.74) is -0.851. The first kappa shape index (κ1) is 32.9. The number of nitrogens with zero attached hydrogens (tertiary/aromatic N) is 1. The van der Waals surface area contributed by atoms with Crippen LogP contribution in [-0.4, -0.2) is 77.9 Å². The minimum absolute atomic E-state index is 0.0409. The lowest BCUT2D eigenvalue weighted by molar-refractivity contribution is -0.155. The molecule has 7 nitrogen and oxygen atoms in total. The molecule has 9 heteroatoms. The topological polar surface area (TPSA) is 85.3 Å². The molecule has 0 radical (unpaired) electrons. The van der Waals surface area contributed by atoms with Gasteiger partial charge in [-0.3, -0.25) is 4.79 Å². The van der Waals surface area contributed by atoms with Crippen LogP contribution in [0.3, 0.4) is 0 Å². The fraction of sp³-hybridized carbons (Fsp3) is 0.739. The monoisotopic (exact) mass is 497 g/mol. The molecule has 32 heavy (non-hydrogen) atoms. The lowest BCUT2D eigenvalue weighted by Gasteiger charge is -2.27. The van der Waals surface area contributed by atoms with E-state index >= 15 is 0 Å². The van der Waals surface area contributed by atoms with E-state index in [2.05, 4.69) is 0 Å². The number of alkyl halides is 2. The van der Waals surface area contributed by atoms with E-state index in [1.165, 1.54) is 0 Å². The van der Waals surface area contributed by atoms with Crippen molar-refractivity contribution in [3.05, 3.63) is 24.3 Å². The second-order valence-electron chi connectivity index (χ2n) is 8.67. The molecular weight excluding hydrogens is 457 g/mol. The maximum Gasteiger partial charge on any atom is 0.410 e. The summed E-state index contributed by atoms with van der Waals surface area (Å²) >= 11 is 10.5. The van der Waals surface area contributed by atoms with Gasteiger partial charge in [0.15, 0.2) is 0 Å². The summed E-state index contributed by atoms with van der Waals surface area (Å²) in [5, 5.41) is 8.41. The maximum absolute atomic E-state index is 11.7. The van der Waals surface area contributed by atoms with Gasteiger partial charge in [0.1, 0.15) is 11.2 Å². The summed E-state index contributed by atoms with van der Waals surface area (Å²) in [6, 6.07) is 0. The van der Waals surface area contributed by atoms with E-state index in [1.807, 2.05) is 65.8 Å². The van der Waals surface area contributed by atoms with E-state index in [0.717, 1.165) is 0 Å². The number of esters is 1. The third-order valence-corrected chi connectivity index (χ3v) is 3.52. The van der Waals surface area contributed by atoms with Crippen LogP contribution < -0.4 is 0 Å². The molecule has 1 rings (SSSR count). The summed E-state index contributed by atoms with van der Waals surface area (Å²) in [4.78, 5) is 24.2. The minimum atomic E-state index is -0.440. The molecule has 0 aromatic rings. The van der Waals surface area contributed by atoms with Gasteiger partial charge in [-0.05, 0) is 48.0 Å². The smallest absolute Gasteiger partial charge is 0.410 e. The Morgan fingerprint density at radius 1 is 1.03 bits per heavy atom. The number of halogens is 2. The predicted octanol–water partition coefficient (Wildman–Crippen LogP) is 4.93. The summed E-state index contributed by atoms with van der Waals surface area (Å²) in [6.07, 6.45) is 7.96. The quantitative estimate of drug-likeness (QED) is 0.329. The highest BCUT2D eigenvalue weighted by Gasteiger charge is 2.21. The Bertz CT molecular complexity index is 548. The second kappa shape index (κ2) is 19.2. The van der Waals surface area contributed by atoms with Gasteiger partial charge in [0.05, 0.1) is 13.2 Å². The first-order valence-electron chi connectivity index (χ1n) is 10.7. The van der Waals surface area contributed by atoms with Gasteiger partial charge < -0.3 is 24.2 Å². The van der Waals surface area contributed by atoms with Crippen LogP contribution in [-0.2, 0) is 19.0 Å². The summed E-state index contributed by atoms with van der Waals surface area (Å²) < 4.78 is 15.5. The Hall–Kier alpha value is -1.28. The molecule has 1 amide bonds. The van der Waals surface area contributed by atoms with Crippen molar-refractivity contribution in [1.29, 1.82) is 0 Å². The van der Waals surface area contributed by atoms with Gasteiger partial charge in [0.2, 0.25) is 0 Å². The van der Waals surface area contributed by atoms with Gasteiger partial charge in [-0.15, -0.1) is 23.2 Å². The van der Waals surface area contributed by atoms with Crippen molar-refractivity contribution in [3.8, 4) is 0 Å². The van der Waals surface area contributed by atoms with Gasteiger partial charge in [-0.2, -0.15) is 0 Å². The third kappa shape index (κ3) is 25.0. The molecule has 1 aliphatic rings. The van der Waals surface area contributed by atoms with Crippen molar-refractivity contribution >= 4 is 35.3 Å². The van der Waals surface area contributed by atoms with Gasteiger partial charge in [-0.1, -0.05) is 24.3 Å². The fourth-order valence-corrected chi connectivity index (χ4v) is 2.17. The summed E-state index contributed by atoms with van der Waals surface area (Å²) in [6.45, 7) is 13.5. The number of aliphatic hydroxyl groups is 1. The van der Waals surface area contributed by atoms with E-state index in [9.17, 15) is 9.59 Å². The summed E-state index contributed by atoms with van der Waals surface area (Å²) in [7, 11) is 0. The number of carbonyl (C=O) groups excluding carboxylic acids is 2. The average molecular weight is 498 g/mol. The van der Waals surface area contributed by atoms with Crippen LogP contribution >= 0.6 is 23.2 Å². The normalized spacial score (nSPS) is 15.3. The van der Waals surface area contributed by atoms with Crippen LogP contribution in [0.2, 0.25) is 0 Å². The third-order valence-electron chi connectivity index (χ3n) is 3.17. The molecule has 0 saturated carbocycles. The number of carbonyl (C=O) groups is 2. The average Bonchev–Trinajstić information content (AvgIpc) is 2.62. The van der Waals surface area contributed by atoms with Crippen molar-refractivity contribution in [2.45, 2.75) is 65.6 Å². The molecule has 0 atom stereocenters. The highest BCUT2D eigenvalue weighted by atomic mass is 35.5. The number of hydrogen-bond donors (Lipinski definition) is 1. The Morgan fingerprint density at radius 2 is 1.59 bits per heavy atom. The zero-order valence-corrected chi connectivity index (χ0v) is 21.9. The highest BCUT2D eigenvalue weighted by molar-refractivity contribution is 6.20. The number of aliphatic hydroxyl groups excluding tert-OH is 1. The maximum atomic E-state index is 11.7. The molecule has 0 saturated heterocycles. The van der Waals surface area contributed by atoms with Crippen LogP contribution in [0.15, 0.2) is 24.3 Å². The first-order valence-corrected chi connectivity index (χ1v) is 11.7. The molecule has 0 spiro atoms. The molecule has 0 aliphatic carbocycles. The van der Waals surface area contributed by atoms with Crippen LogP contribution in [0.5, 0.6) is 0 Å². The van der Waals surface area contributed by atoms with Crippen molar-refractivity contribution in [2.24, 2.45) is 0 Å². The highest BCUT2D eigenvalue weighted by Crippen LogP contribution is 2.10. The minimum Gasteiger partial charge on any atom is -0.460 e. The molecule has 1 aliphatic heterocycles. The summed E-state index contributed by atoms with van der Waals surface area (Å²) in [5.74, 6) is 0.881. The van der Waals surface area contributed by atoms with Gasteiger partial charge in [-0.25, -0.2) is 4.79 Å². The van der Waals surface area contributed by atoms with Crippen LogP contribution in [0.25, 0.3) is 0 Å². The molecule has 0 aromatic carbocycles. The SMILES string of the molecule is CC(C)(C)OC(=O)CCCO.CC(C)(C)OC(=O)N1C/C=C\COCC1.ClC/C=C\CCl. The van der Waals surface area contributed by atoms with E-state index in [4.69, 9.17) is 42.5 Å². The van der Waals surface area contributed by atoms with Gasteiger partial charge in [0, 0.05) is 37.9 Å². The Kier molecular flexibility index (Phi) is 19.8. The van der Waals surface area contributed by atoms with Crippen LogP contribution in [0.1, 0.15) is 54.4 Å². The molecule has 1 heterocycles. The van der Waals surface area contributed by atoms with Crippen molar-refractivity contribution in [2.75, 3.05) is 44.7 Å². The lowest BCUT2D eigenvalue weighted by Crippen LogP contribution is -2.39. The van der Waals surface area contributed by atoms with Crippen molar-refractivity contribution < 1.29 is 28.9 Å². The number of amides is 1. The predicted molar refractivity (Wildman–Crippen MR) is 131 cm³/mol. The molecule has 0 aromatic heterocycles. The number of allylic oxidation sites excluding steroid dienone is 2. The fourth-order valence-electron chi connectivity index (χ4n) is 1.92. The number of hydrogen-bond acceptors (Lipinski definition) is 6. The Labute approximate surface area is 203 Å². The van der Waals surface area contributed by atoms with Crippen LogP contribution in [0.4, 0.5) is 4.79 Å². The number of ether oxygens (including phenoxy) is 3. The largest absolute Gasteiger partial charge is 0.460 e. The van der Waals surface area contributed by atoms with Crippen molar-refractivity contribution in [3.63, 3.8) is 0 Å². The second-order valence-corrected chi connectivity index (χ2v) is 9.28. The van der Waals surface area contributed by atoms with E-state index in [-0.39, 0.29) is 18.7 Å². The standard InChI is InChI=1S/C11H19NO3.C8H16O3.C4H6Cl2/c1-11(2,3)15-10(13)12-6-4-5-8-14-9-7-12;1-8(2,3)11-7(10)5-4-6-9;5-3-1-2-4-6/h4-5H,6-9H2,1-3H3;9H,4-6H2,1-3H3;1-2H,3-4H2/b5-4-;;2-1-. The van der Waals surface area contributed by atoms with E-state index < -0.39 is 11.2 Å². The van der Waals surface area contributed by atoms with E-state index in [1.54, 1.807) is 4.90 Å². The Morgan fingerprint density at radius 3 is 2.06 bits per heavy atom. The number of rotatable bonds is 5. The van der Waals surface area contributed by atoms with Gasteiger partial charge >= 0.3 is 12.1 Å². The molecule has 0 bridgehead atoms. The Balaban J connectivity index is 0. The molecule has 1 N–H and O–H groups in total. The first-order chi connectivity index (χ1) is 14.9. The molecule has 0 fully saturated rings. The zero-order valence-electron chi connectivity index (χ0n) is 20.4. The zero-order chi connectivity index (χ0) is 25.0. The molecular formula is C23H41Cl2NO6. The lowest BCUT2D eigenvalue weighted by atomic mass is 10.2. The molecule has 188 valence electrons. The van der Waals surface area contributed by atoms with Crippen molar-refractivity contribution in [1.82, 2.24) is 4.90 Å². The van der Waals surface area contributed by atoms with Crippen LogP contribution in [0, 0.1) is 0 Å². The van der Waals surface area contributed by atoms with Gasteiger partial charge in [0.25, 0.3) is 0 Å². The van der Waals surface area contributed by atoms with E-state index in [0.29, 0.717) is 50.9 Å².